The molecule has 22 heavy (non-hydrogen) atoms. The molecule has 0 aliphatic carbocycles. The van der Waals surface area contributed by atoms with Crippen LogP contribution in [0.2, 0.25) is 0 Å². The third-order valence-corrected chi connectivity index (χ3v) is 5.14. The Morgan fingerprint density at radius 1 is 1.41 bits per heavy atom. The highest BCUT2D eigenvalue weighted by Gasteiger charge is 2.25. The predicted molar refractivity (Wildman–Crippen MR) is 86.6 cm³/mol. The fraction of sp³-hybridized carbons (Fsp3) is 0.400. The van der Waals surface area contributed by atoms with Gasteiger partial charge in [-0.1, -0.05) is 6.07 Å². The SMILES string of the molecule is COc1cccc2c1c(S(C)(=O)=O)c(C)n2CC1=NCCN1. The van der Waals surface area contributed by atoms with Crippen molar-refractivity contribution in [1.82, 2.24) is 9.88 Å². The number of fused-ring (bicyclic) bond motifs is 1. The second kappa shape index (κ2) is 5.31. The smallest absolute Gasteiger partial charge is 0.178 e. The van der Waals surface area contributed by atoms with Gasteiger partial charge in [-0.2, -0.15) is 0 Å². The van der Waals surface area contributed by atoms with E-state index in [1.807, 2.05) is 23.6 Å². The second-order valence-electron chi connectivity index (χ2n) is 5.38. The Morgan fingerprint density at radius 2 is 2.18 bits per heavy atom. The number of ether oxygens (including phenoxy) is 1. The Bertz CT molecular complexity index is 866. The van der Waals surface area contributed by atoms with Gasteiger partial charge in [0.05, 0.1) is 36.0 Å². The maximum absolute atomic E-state index is 12.3. The molecule has 0 spiro atoms. The summed E-state index contributed by atoms with van der Waals surface area (Å²) in [4.78, 5) is 4.73. The van der Waals surface area contributed by atoms with E-state index < -0.39 is 9.84 Å². The normalized spacial score (nSPS) is 15.0. The van der Waals surface area contributed by atoms with Gasteiger partial charge in [-0.3, -0.25) is 4.99 Å². The lowest BCUT2D eigenvalue weighted by Gasteiger charge is -2.09. The summed E-state index contributed by atoms with van der Waals surface area (Å²) in [7, 11) is -1.81. The van der Waals surface area contributed by atoms with Gasteiger partial charge < -0.3 is 14.6 Å². The largest absolute Gasteiger partial charge is 0.496 e. The molecule has 118 valence electrons. The number of aromatic nitrogens is 1. The van der Waals surface area contributed by atoms with Crippen molar-refractivity contribution in [3.63, 3.8) is 0 Å². The topological polar surface area (TPSA) is 72.7 Å². The van der Waals surface area contributed by atoms with Crippen LogP contribution in [0.1, 0.15) is 5.69 Å². The molecular formula is C15H19N3O3S. The third kappa shape index (κ3) is 2.35. The lowest BCUT2D eigenvalue weighted by molar-refractivity contribution is 0.419. The first-order valence-electron chi connectivity index (χ1n) is 7.06. The summed E-state index contributed by atoms with van der Waals surface area (Å²) in [5.74, 6) is 1.45. The average molecular weight is 321 g/mol. The van der Waals surface area contributed by atoms with E-state index in [1.165, 1.54) is 6.26 Å². The van der Waals surface area contributed by atoms with Crippen molar-refractivity contribution in [2.24, 2.45) is 4.99 Å². The zero-order valence-corrected chi connectivity index (χ0v) is 13.7. The molecule has 0 unspecified atom stereocenters. The molecule has 0 atom stereocenters. The van der Waals surface area contributed by atoms with Crippen LogP contribution >= 0.6 is 0 Å². The number of hydrogen-bond acceptors (Lipinski definition) is 5. The van der Waals surface area contributed by atoms with Crippen molar-refractivity contribution in [2.45, 2.75) is 18.4 Å². The molecule has 2 heterocycles. The summed E-state index contributed by atoms with van der Waals surface area (Å²) in [6, 6.07) is 5.56. The van der Waals surface area contributed by atoms with Gasteiger partial charge >= 0.3 is 0 Å². The van der Waals surface area contributed by atoms with E-state index >= 15 is 0 Å². The zero-order chi connectivity index (χ0) is 15.9. The van der Waals surface area contributed by atoms with Crippen molar-refractivity contribution in [3.8, 4) is 5.75 Å². The average Bonchev–Trinajstić information content (AvgIpc) is 3.05. The maximum Gasteiger partial charge on any atom is 0.178 e. The minimum atomic E-state index is -3.37. The van der Waals surface area contributed by atoms with Gasteiger partial charge in [-0.15, -0.1) is 0 Å². The van der Waals surface area contributed by atoms with Crippen LogP contribution < -0.4 is 10.1 Å². The molecule has 0 fully saturated rings. The number of methoxy groups -OCH3 is 1. The number of nitrogens with zero attached hydrogens (tertiary/aromatic N) is 2. The highest BCUT2D eigenvalue weighted by Crippen LogP contribution is 2.36. The standard InChI is InChI=1S/C15H19N3O3S/c1-10-15(22(3,19)20)14-11(5-4-6-12(14)21-2)18(10)9-13-16-7-8-17-13/h4-6H,7-9H2,1-3H3,(H,16,17). The lowest BCUT2D eigenvalue weighted by atomic mass is 10.2. The second-order valence-corrected chi connectivity index (χ2v) is 7.34. The van der Waals surface area contributed by atoms with Crippen molar-refractivity contribution < 1.29 is 13.2 Å². The van der Waals surface area contributed by atoms with Crippen LogP contribution in [0.15, 0.2) is 28.1 Å². The van der Waals surface area contributed by atoms with Crippen LogP contribution in [0.5, 0.6) is 5.75 Å². The van der Waals surface area contributed by atoms with E-state index in [2.05, 4.69) is 10.3 Å². The van der Waals surface area contributed by atoms with Crippen LogP contribution in [-0.2, 0) is 16.4 Å². The van der Waals surface area contributed by atoms with Crippen LogP contribution in [0, 0.1) is 6.92 Å². The van der Waals surface area contributed by atoms with Gasteiger partial charge in [0.2, 0.25) is 0 Å². The van der Waals surface area contributed by atoms with E-state index in [0.29, 0.717) is 28.3 Å². The Morgan fingerprint density at radius 3 is 2.77 bits per heavy atom. The zero-order valence-electron chi connectivity index (χ0n) is 12.9. The quantitative estimate of drug-likeness (QED) is 0.923. The molecule has 1 aromatic heterocycles. The van der Waals surface area contributed by atoms with Crippen molar-refractivity contribution in [2.75, 3.05) is 26.5 Å². The van der Waals surface area contributed by atoms with Crippen molar-refractivity contribution in [1.29, 1.82) is 0 Å². The van der Waals surface area contributed by atoms with Gasteiger partial charge in [0, 0.05) is 18.5 Å². The molecule has 0 bridgehead atoms. The molecule has 1 aliphatic heterocycles. The minimum Gasteiger partial charge on any atom is -0.496 e. The highest BCUT2D eigenvalue weighted by molar-refractivity contribution is 7.91. The molecule has 6 nitrogen and oxygen atoms in total. The molecule has 0 radical (unpaired) electrons. The summed E-state index contributed by atoms with van der Waals surface area (Å²) < 4.78 is 31.9. The first-order valence-corrected chi connectivity index (χ1v) is 8.95. The third-order valence-electron chi connectivity index (χ3n) is 3.90. The first kappa shape index (κ1) is 14.9. The summed E-state index contributed by atoms with van der Waals surface area (Å²) in [5.41, 5.74) is 1.55. The molecule has 7 heteroatoms. The fourth-order valence-electron chi connectivity index (χ4n) is 2.99. The molecule has 0 saturated carbocycles. The minimum absolute atomic E-state index is 0.332. The van der Waals surface area contributed by atoms with Gasteiger partial charge in [0.25, 0.3) is 0 Å². The number of hydrogen-bond donors (Lipinski definition) is 1. The number of rotatable bonds is 4. The number of benzene rings is 1. The molecule has 2 aromatic rings. The van der Waals surface area contributed by atoms with Crippen molar-refractivity contribution >= 4 is 26.6 Å². The summed E-state index contributed by atoms with van der Waals surface area (Å²) in [5, 5.41) is 3.86. The summed E-state index contributed by atoms with van der Waals surface area (Å²) in [6.07, 6.45) is 1.23. The molecule has 1 aliphatic rings. The van der Waals surface area contributed by atoms with Gasteiger partial charge in [0.1, 0.15) is 11.6 Å². The fourth-order valence-corrected chi connectivity index (χ4v) is 4.21. The molecule has 1 aromatic carbocycles. The van der Waals surface area contributed by atoms with Gasteiger partial charge in [0.15, 0.2) is 9.84 Å². The Balaban J connectivity index is 2.31. The summed E-state index contributed by atoms with van der Waals surface area (Å²) >= 11 is 0. The highest BCUT2D eigenvalue weighted by atomic mass is 32.2. The van der Waals surface area contributed by atoms with E-state index in [0.717, 1.165) is 24.4 Å². The van der Waals surface area contributed by atoms with Gasteiger partial charge in [-0.25, -0.2) is 8.42 Å². The Labute approximate surface area is 129 Å². The summed E-state index contributed by atoms with van der Waals surface area (Å²) in [6.45, 7) is 3.95. The Hall–Kier alpha value is -2.02. The van der Waals surface area contributed by atoms with Crippen LogP contribution in [0.3, 0.4) is 0 Å². The van der Waals surface area contributed by atoms with Crippen LogP contribution in [-0.4, -0.2) is 45.3 Å². The predicted octanol–water partition coefficient (Wildman–Crippen LogP) is 1.36. The van der Waals surface area contributed by atoms with E-state index in [9.17, 15) is 8.42 Å². The monoisotopic (exact) mass is 321 g/mol. The first-order chi connectivity index (χ1) is 10.4. The molecule has 1 N–H and O–H groups in total. The van der Waals surface area contributed by atoms with Crippen molar-refractivity contribution in [3.05, 3.63) is 23.9 Å². The van der Waals surface area contributed by atoms with Crippen LogP contribution in [0.25, 0.3) is 10.9 Å². The molecular weight excluding hydrogens is 302 g/mol. The molecule has 3 rings (SSSR count). The Kier molecular flexibility index (Phi) is 3.60. The number of nitrogens with one attached hydrogen (secondary N) is 1. The van der Waals surface area contributed by atoms with E-state index in [-0.39, 0.29) is 0 Å². The van der Waals surface area contributed by atoms with E-state index in [1.54, 1.807) is 13.2 Å². The molecule has 0 saturated heterocycles. The number of aliphatic imine (C=N–C) groups is 1. The van der Waals surface area contributed by atoms with Crippen LogP contribution in [0.4, 0.5) is 0 Å². The number of amidine groups is 1. The number of sulfone groups is 1. The maximum atomic E-state index is 12.3. The van der Waals surface area contributed by atoms with Gasteiger partial charge in [-0.05, 0) is 19.1 Å². The molecule has 0 amide bonds. The van der Waals surface area contributed by atoms with E-state index in [4.69, 9.17) is 4.74 Å². The lowest BCUT2D eigenvalue weighted by Crippen LogP contribution is -2.24.